The van der Waals surface area contributed by atoms with Crippen LogP contribution in [-0.2, 0) is 6.42 Å². The van der Waals surface area contributed by atoms with Crippen LogP contribution in [-0.4, -0.2) is 15.0 Å². The molecule has 0 aliphatic rings. The number of hydrogen-bond donors (Lipinski definition) is 0. The maximum absolute atomic E-state index is 4.42. The summed E-state index contributed by atoms with van der Waals surface area (Å²) in [5.41, 5.74) is 5.50. The maximum atomic E-state index is 4.42. The average molecular weight is 261 g/mol. The second kappa shape index (κ2) is 5.61. The fourth-order valence-electron chi connectivity index (χ4n) is 2.14. The van der Waals surface area contributed by atoms with Gasteiger partial charge in [0, 0.05) is 24.8 Å². The molecule has 3 aromatic heterocycles. The Kier molecular flexibility index (Phi) is 3.50. The summed E-state index contributed by atoms with van der Waals surface area (Å²) < 4.78 is 0. The lowest BCUT2D eigenvalue weighted by molar-refractivity contribution is 1.14. The van der Waals surface area contributed by atoms with Crippen LogP contribution in [0.4, 0.5) is 0 Å². The Hall–Kier alpha value is -2.55. The normalized spacial score (nSPS) is 10.4. The topological polar surface area (TPSA) is 38.7 Å². The van der Waals surface area contributed by atoms with Gasteiger partial charge in [-0.1, -0.05) is 0 Å². The van der Waals surface area contributed by atoms with Gasteiger partial charge in [0.1, 0.15) is 0 Å². The molecule has 0 saturated carbocycles. The van der Waals surface area contributed by atoms with Crippen molar-refractivity contribution in [1.82, 2.24) is 15.0 Å². The van der Waals surface area contributed by atoms with E-state index in [4.69, 9.17) is 0 Å². The first kappa shape index (κ1) is 12.5. The molecule has 3 aromatic rings. The molecule has 98 valence electrons. The summed E-state index contributed by atoms with van der Waals surface area (Å²) >= 11 is 0. The third-order valence-corrected chi connectivity index (χ3v) is 3.16. The molecule has 0 fully saturated rings. The van der Waals surface area contributed by atoms with Gasteiger partial charge in [0.05, 0.1) is 11.4 Å². The first-order chi connectivity index (χ1) is 9.81. The first-order valence-electron chi connectivity index (χ1n) is 6.58. The molecule has 0 bridgehead atoms. The van der Waals surface area contributed by atoms with Crippen LogP contribution in [0.1, 0.15) is 16.7 Å². The quantitative estimate of drug-likeness (QED) is 0.725. The van der Waals surface area contributed by atoms with Gasteiger partial charge >= 0.3 is 0 Å². The molecule has 3 nitrogen and oxygen atoms in total. The lowest BCUT2D eigenvalue weighted by atomic mass is 10.1. The van der Waals surface area contributed by atoms with Gasteiger partial charge in [-0.15, -0.1) is 0 Å². The molecule has 3 heteroatoms. The van der Waals surface area contributed by atoms with Gasteiger partial charge in [0.25, 0.3) is 0 Å². The van der Waals surface area contributed by atoms with Crippen molar-refractivity contribution in [2.45, 2.75) is 13.3 Å². The molecule has 0 amide bonds. The van der Waals surface area contributed by atoms with Crippen molar-refractivity contribution in [3.05, 3.63) is 77.9 Å². The number of pyridine rings is 3. The second-order valence-corrected chi connectivity index (χ2v) is 4.80. The zero-order chi connectivity index (χ0) is 13.8. The van der Waals surface area contributed by atoms with Gasteiger partial charge < -0.3 is 0 Å². The Morgan fingerprint density at radius 3 is 2.15 bits per heavy atom. The molecule has 0 aliphatic carbocycles. The van der Waals surface area contributed by atoms with E-state index >= 15 is 0 Å². The molecule has 0 N–H and O–H groups in total. The van der Waals surface area contributed by atoms with E-state index < -0.39 is 0 Å². The molecular weight excluding hydrogens is 246 g/mol. The van der Waals surface area contributed by atoms with Crippen molar-refractivity contribution in [2.75, 3.05) is 0 Å². The van der Waals surface area contributed by atoms with Crippen LogP contribution in [0.2, 0.25) is 0 Å². The van der Waals surface area contributed by atoms with Crippen molar-refractivity contribution >= 4 is 0 Å². The predicted octanol–water partition coefficient (Wildman–Crippen LogP) is 3.44. The standard InChI is InChI=1S/C17H15N3/c1-13-2-8-19-16(10-13)17-12-15(5-9-20-17)11-14-3-6-18-7-4-14/h2-10,12H,11H2,1H3. The molecule has 3 heterocycles. The van der Waals surface area contributed by atoms with E-state index in [0.717, 1.165) is 17.8 Å². The SMILES string of the molecule is Cc1ccnc(-c2cc(Cc3ccncc3)ccn2)c1. The van der Waals surface area contributed by atoms with Gasteiger partial charge in [-0.05, 0) is 66.4 Å². The summed E-state index contributed by atoms with van der Waals surface area (Å²) in [5.74, 6) is 0. The third-order valence-electron chi connectivity index (χ3n) is 3.16. The fraction of sp³-hybridized carbons (Fsp3) is 0.118. The summed E-state index contributed by atoms with van der Waals surface area (Å²) in [7, 11) is 0. The lowest BCUT2D eigenvalue weighted by Crippen LogP contribution is -1.93. The van der Waals surface area contributed by atoms with Crippen LogP contribution in [0.5, 0.6) is 0 Å². The lowest BCUT2D eigenvalue weighted by Gasteiger charge is -2.05. The largest absolute Gasteiger partial charge is 0.265 e. The Labute approximate surface area is 118 Å². The molecular formula is C17H15N3. The highest BCUT2D eigenvalue weighted by atomic mass is 14.8. The number of aryl methyl sites for hydroxylation is 1. The van der Waals surface area contributed by atoms with E-state index in [-0.39, 0.29) is 0 Å². The van der Waals surface area contributed by atoms with Crippen LogP contribution in [0.3, 0.4) is 0 Å². The van der Waals surface area contributed by atoms with Crippen LogP contribution in [0.25, 0.3) is 11.4 Å². The van der Waals surface area contributed by atoms with Crippen LogP contribution < -0.4 is 0 Å². The number of nitrogens with zero attached hydrogens (tertiary/aromatic N) is 3. The fourth-order valence-corrected chi connectivity index (χ4v) is 2.14. The Morgan fingerprint density at radius 2 is 1.40 bits per heavy atom. The number of hydrogen-bond acceptors (Lipinski definition) is 3. The first-order valence-corrected chi connectivity index (χ1v) is 6.58. The number of rotatable bonds is 3. The van der Waals surface area contributed by atoms with E-state index in [1.54, 1.807) is 0 Å². The minimum Gasteiger partial charge on any atom is -0.265 e. The smallest absolute Gasteiger partial charge is 0.0889 e. The third kappa shape index (κ3) is 2.88. The maximum Gasteiger partial charge on any atom is 0.0889 e. The van der Waals surface area contributed by atoms with Crippen LogP contribution in [0, 0.1) is 6.92 Å². The minimum atomic E-state index is 0.879. The molecule has 0 unspecified atom stereocenters. The molecule has 20 heavy (non-hydrogen) atoms. The molecule has 0 aliphatic heterocycles. The highest BCUT2D eigenvalue weighted by molar-refractivity contribution is 5.55. The van der Waals surface area contributed by atoms with Gasteiger partial charge in [-0.25, -0.2) is 0 Å². The molecule has 0 spiro atoms. The summed E-state index contributed by atoms with van der Waals surface area (Å²) in [4.78, 5) is 12.8. The average Bonchev–Trinajstić information content (AvgIpc) is 2.49. The van der Waals surface area contributed by atoms with E-state index in [2.05, 4.69) is 34.0 Å². The van der Waals surface area contributed by atoms with Crippen molar-refractivity contribution in [3.8, 4) is 11.4 Å². The molecule has 3 rings (SSSR count). The van der Waals surface area contributed by atoms with Crippen molar-refractivity contribution in [2.24, 2.45) is 0 Å². The van der Waals surface area contributed by atoms with Gasteiger partial charge in [-0.3, -0.25) is 15.0 Å². The number of aromatic nitrogens is 3. The Balaban J connectivity index is 1.90. The van der Waals surface area contributed by atoms with E-state index in [1.165, 1.54) is 16.7 Å². The summed E-state index contributed by atoms with van der Waals surface area (Å²) in [6.45, 7) is 2.06. The molecule has 0 atom stereocenters. The Bertz CT molecular complexity index is 708. The van der Waals surface area contributed by atoms with Crippen molar-refractivity contribution in [1.29, 1.82) is 0 Å². The van der Waals surface area contributed by atoms with Crippen molar-refractivity contribution < 1.29 is 0 Å². The highest BCUT2D eigenvalue weighted by Gasteiger charge is 2.03. The molecule has 0 saturated heterocycles. The van der Waals surface area contributed by atoms with E-state index in [9.17, 15) is 0 Å². The summed E-state index contributed by atoms with van der Waals surface area (Å²) in [6, 6.07) is 12.3. The van der Waals surface area contributed by atoms with Gasteiger partial charge in [0.15, 0.2) is 0 Å². The zero-order valence-corrected chi connectivity index (χ0v) is 11.3. The van der Waals surface area contributed by atoms with E-state index in [1.807, 2.05) is 49.1 Å². The monoisotopic (exact) mass is 261 g/mol. The molecule has 0 radical (unpaired) electrons. The Morgan fingerprint density at radius 1 is 0.750 bits per heavy atom. The highest BCUT2D eigenvalue weighted by Crippen LogP contribution is 2.18. The van der Waals surface area contributed by atoms with Gasteiger partial charge in [0.2, 0.25) is 0 Å². The summed E-state index contributed by atoms with van der Waals surface area (Å²) in [6.07, 6.45) is 8.18. The predicted molar refractivity (Wildman–Crippen MR) is 79.2 cm³/mol. The second-order valence-electron chi connectivity index (χ2n) is 4.80. The van der Waals surface area contributed by atoms with Gasteiger partial charge in [-0.2, -0.15) is 0 Å². The minimum absolute atomic E-state index is 0.879. The van der Waals surface area contributed by atoms with Crippen LogP contribution in [0.15, 0.2) is 61.2 Å². The molecule has 0 aromatic carbocycles. The zero-order valence-electron chi connectivity index (χ0n) is 11.3. The summed E-state index contributed by atoms with van der Waals surface area (Å²) in [5, 5.41) is 0. The van der Waals surface area contributed by atoms with Crippen LogP contribution >= 0.6 is 0 Å². The van der Waals surface area contributed by atoms with Crippen molar-refractivity contribution in [3.63, 3.8) is 0 Å². The van der Waals surface area contributed by atoms with E-state index in [0.29, 0.717) is 0 Å².